The molecule has 6 nitrogen and oxygen atoms in total. The van der Waals surface area contributed by atoms with Crippen molar-refractivity contribution in [3.8, 4) is 0 Å². The van der Waals surface area contributed by atoms with Gasteiger partial charge in [0.2, 0.25) is 0 Å². The first-order chi connectivity index (χ1) is 9.45. The molecule has 8 heteroatoms. The molecule has 2 aromatic rings. The highest BCUT2D eigenvalue weighted by atomic mass is 35.5. The highest BCUT2D eigenvalue weighted by molar-refractivity contribution is 7.13. The highest BCUT2D eigenvalue weighted by Crippen LogP contribution is 2.21. The van der Waals surface area contributed by atoms with E-state index >= 15 is 0 Å². The Bertz CT molecular complexity index is 672. The number of amides is 2. The van der Waals surface area contributed by atoms with Gasteiger partial charge in [0.15, 0.2) is 5.13 Å². The number of urea groups is 1. The molecule has 1 aromatic carbocycles. The maximum Gasteiger partial charge on any atom is 0.337 e. The minimum atomic E-state index is -1.17. The zero-order valence-corrected chi connectivity index (χ0v) is 11.9. The lowest BCUT2D eigenvalue weighted by atomic mass is 10.2. The largest absolute Gasteiger partial charge is 0.478 e. The average molecular weight is 312 g/mol. The van der Waals surface area contributed by atoms with Crippen LogP contribution in [0.3, 0.4) is 0 Å². The maximum atomic E-state index is 11.8. The molecule has 2 rings (SSSR count). The molecule has 0 atom stereocenters. The first-order valence-corrected chi connectivity index (χ1v) is 6.74. The number of carbonyl (C=O) groups is 2. The van der Waals surface area contributed by atoms with Crippen LogP contribution in [0.1, 0.15) is 16.1 Å². The molecule has 3 N–H and O–H groups in total. The Hall–Kier alpha value is -2.12. The monoisotopic (exact) mass is 311 g/mol. The van der Waals surface area contributed by atoms with Crippen molar-refractivity contribution in [2.45, 2.75) is 6.92 Å². The Morgan fingerprint density at radius 1 is 1.35 bits per heavy atom. The zero-order chi connectivity index (χ0) is 14.7. The van der Waals surface area contributed by atoms with Gasteiger partial charge in [-0.25, -0.2) is 14.6 Å². The lowest BCUT2D eigenvalue weighted by Crippen LogP contribution is -2.20. The van der Waals surface area contributed by atoms with Gasteiger partial charge < -0.3 is 10.4 Å². The van der Waals surface area contributed by atoms with Gasteiger partial charge in [0.25, 0.3) is 0 Å². The summed E-state index contributed by atoms with van der Waals surface area (Å²) in [6.07, 6.45) is 0. The van der Waals surface area contributed by atoms with Gasteiger partial charge in [0, 0.05) is 10.4 Å². The molecule has 20 heavy (non-hydrogen) atoms. The molecule has 0 bridgehead atoms. The molecule has 2 amide bonds. The van der Waals surface area contributed by atoms with Crippen molar-refractivity contribution in [1.82, 2.24) is 4.98 Å². The molecule has 0 aliphatic heterocycles. The summed E-state index contributed by atoms with van der Waals surface area (Å²) in [6.45, 7) is 1.81. The number of aryl methyl sites for hydroxylation is 1. The molecule has 0 radical (unpaired) electrons. The summed E-state index contributed by atoms with van der Waals surface area (Å²) in [7, 11) is 0. The fourth-order valence-electron chi connectivity index (χ4n) is 1.46. The minimum absolute atomic E-state index is 0.0806. The number of anilines is 2. The lowest BCUT2D eigenvalue weighted by Gasteiger charge is -2.08. The van der Waals surface area contributed by atoms with E-state index in [1.165, 1.54) is 29.5 Å². The summed E-state index contributed by atoms with van der Waals surface area (Å²) in [6, 6.07) is 3.63. The third-order valence-corrected chi connectivity index (χ3v) is 3.41. The molecule has 0 saturated heterocycles. The number of nitrogens with zero attached hydrogens (tertiary/aromatic N) is 1. The van der Waals surface area contributed by atoms with E-state index in [2.05, 4.69) is 15.6 Å². The quantitative estimate of drug-likeness (QED) is 0.809. The fraction of sp³-hybridized carbons (Fsp3) is 0.0833. The van der Waals surface area contributed by atoms with Crippen LogP contribution in [-0.2, 0) is 0 Å². The van der Waals surface area contributed by atoms with Crippen molar-refractivity contribution in [3.63, 3.8) is 0 Å². The SMILES string of the molecule is Cc1csc(NC(=O)Nc2ccc(Cl)cc2C(=O)O)n1. The van der Waals surface area contributed by atoms with Gasteiger partial charge in [0.1, 0.15) is 0 Å². The van der Waals surface area contributed by atoms with Crippen LogP contribution in [0, 0.1) is 6.92 Å². The van der Waals surface area contributed by atoms with Crippen LogP contribution >= 0.6 is 22.9 Å². The number of nitrogens with one attached hydrogen (secondary N) is 2. The predicted molar refractivity (Wildman–Crippen MR) is 77.9 cm³/mol. The molecule has 0 saturated carbocycles. The van der Waals surface area contributed by atoms with Crippen LogP contribution in [0.5, 0.6) is 0 Å². The van der Waals surface area contributed by atoms with E-state index in [0.717, 1.165) is 5.69 Å². The molecule has 0 unspecified atom stereocenters. The van der Waals surface area contributed by atoms with Crippen LogP contribution in [-0.4, -0.2) is 22.1 Å². The molecule has 1 heterocycles. The van der Waals surface area contributed by atoms with Crippen molar-refractivity contribution in [1.29, 1.82) is 0 Å². The Balaban J connectivity index is 2.13. The number of hydrogen-bond donors (Lipinski definition) is 3. The standard InChI is InChI=1S/C12H10ClN3O3S/c1-6-5-20-12(14-6)16-11(19)15-9-3-2-7(13)4-8(9)10(17)18/h2-5H,1H3,(H,17,18)(H2,14,15,16,19). The topological polar surface area (TPSA) is 91.3 Å². The van der Waals surface area contributed by atoms with Gasteiger partial charge in [-0.2, -0.15) is 0 Å². The molecular formula is C12H10ClN3O3S. The van der Waals surface area contributed by atoms with Crippen LogP contribution in [0.25, 0.3) is 0 Å². The van der Waals surface area contributed by atoms with Gasteiger partial charge >= 0.3 is 12.0 Å². The number of thiazole rings is 1. The number of aromatic nitrogens is 1. The van der Waals surface area contributed by atoms with Gasteiger partial charge in [-0.3, -0.25) is 5.32 Å². The third kappa shape index (κ3) is 3.46. The molecular weight excluding hydrogens is 302 g/mol. The molecule has 0 aliphatic carbocycles. The summed E-state index contributed by atoms with van der Waals surface area (Å²) in [5, 5.41) is 16.5. The number of carbonyl (C=O) groups excluding carboxylic acids is 1. The second-order valence-electron chi connectivity index (χ2n) is 3.87. The number of carboxylic acid groups (broad SMARTS) is 1. The Kier molecular flexibility index (Phi) is 4.21. The van der Waals surface area contributed by atoms with Crippen LogP contribution in [0.4, 0.5) is 15.6 Å². The Morgan fingerprint density at radius 2 is 2.10 bits per heavy atom. The summed E-state index contributed by atoms with van der Waals surface area (Å²) < 4.78 is 0. The molecule has 1 aromatic heterocycles. The minimum Gasteiger partial charge on any atom is -0.478 e. The maximum absolute atomic E-state index is 11.8. The molecule has 0 spiro atoms. The lowest BCUT2D eigenvalue weighted by molar-refractivity contribution is 0.0698. The Morgan fingerprint density at radius 3 is 2.70 bits per heavy atom. The zero-order valence-electron chi connectivity index (χ0n) is 10.3. The van der Waals surface area contributed by atoms with Crippen LogP contribution < -0.4 is 10.6 Å². The second kappa shape index (κ2) is 5.89. The smallest absolute Gasteiger partial charge is 0.337 e. The molecule has 0 aliphatic rings. The van der Waals surface area contributed by atoms with Gasteiger partial charge in [-0.1, -0.05) is 11.6 Å². The van der Waals surface area contributed by atoms with E-state index in [9.17, 15) is 9.59 Å². The Labute approximate surface area is 123 Å². The van der Waals surface area contributed by atoms with E-state index < -0.39 is 12.0 Å². The van der Waals surface area contributed by atoms with Gasteiger partial charge in [-0.15, -0.1) is 11.3 Å². The van der Waals surface area contributed by atoms with Crippen molar-refractivity contribution < 1.29 is 14.7 Å². The number of aromatic carboxylic acids is 1. The molecule has 104 valence electrons. The number of hydrogen-bond acceptors (Lipinski definition) is 4. The first kappa shape index (κ1) is 14.3. The van der Waals surface area contributed by atoms with Crippen molar-refractivity contribution in [2.24, 2.45) is 0 Å². The summed E-state index contributed by atoms with van der Waals surface area (Å²) >= 11 is 7.01. The first-order valence-electron chi connectivity index (χ1n) is 5.48. The van der Waals surface area contributed by atoms with Crippen molar-refractivity contribution in [2.75, 3.05) is 10.6 Å². The number of benzene rings is 1. The highest BCUT2D eigenvalue weighted by Gasteiger charge is 2.13. The summed E-state index contributed by atoms with van der Waals surface area (Å²) in [4.78, 5) is 26.9. The van der Waals surface area contributed by atoms with Crippen molar-refractivity contribution >= 4 is 45.8 Å². The van der Waals surface area contributed by atoms with Crippen molar-refractivity contribution in [3.05, 3.63) is 39.9 Å². The third-order valence-electron chi connectivity index (χ3n) is 2.30. The van der Waals surface area contributed by atoms with Gasteiger partial charge in [-0.05, 0) is 25.1 Å². The number of rotatable bonds is 3. The van der Waals surface area contributed by atoms with E-state index in [4.69, 9.17) is 16.7 Å². The predicted octanol–water partition coefficient (Wildman–Crippen LogP) is 3.45. The van der Waals surface area contributed by atoms with Crippen LogP contribution in [0.2, 0.25) is 5.02 Å². The summed E-state index contributed by atoms with van der Waals surface area (Å²) in [5.74, 6) is -1.17. The van der Waals surface area contributed by atoms with E-state index in [1.54, 1.807) is 12.3 Å². The average Bonchev–Trinajstić information content (AvgIpc) is 2.76. The van der Waals surface area contributed by atoms with E-state index in [0.29, 0.717) is 5.13 Å². The van der Waals surface area contributed by atoms with E-state index in [-0.39, 0.29) is 16.3 Å². The fourth-order valence-corrected chi connectivity index (χ4v) is 2.32. The summed E-state index contributed by atoms with van der Waals surface area (Å²) in [5.41, 5.74) is 0.874. The normalized spacial score (nSPS) is 10.1. The van der Waals surface area contributed by atoms with Gasteiger partial charge in [0.05, 0.1) is 16.9 Å². The molecule has 0 fully saturated rings. The number of carboxylic acids is 1. The second-order valence-corrected chi connectivity index (χ2v) is 5.16. The van der Waals surface area contributed by atoms with E-state index in [1.807, 2.05) is 0 Å². The number of halogens is 1. The van der Waals surface area contributed by atoms with Crippen LogP contribution in [0.15, 0.2) is 23.6 Å².